The molecule has 0 spiro atoms. The Morgan fingerprint density at radius 3 is 2.33 bits per heavy atom. The third-order valence-electron chi connectivity index (χ3n) is 3.24. The molecule has 6 heteroatoms. The van der Waals surface area contributed by atoms with Crippen LogP contribution >= 0.6 is 0 Å². The first-order valence-corrected chi connectivity index (χ1v) is 7.49. The highest BCUT2D eigenvalue weighted by Crippen LogP contribution is 2.27. The number of hydrogen-bond acceptors (Lipinski definition) is 4. The number of nitrogens with one attached hydrogen (secondary N) is 2. The second-order valence-electron chi connectivity index (χ2n) is 6.43. The van der Waals surface area contributed by atoms with Crippen LogP contribution in [0.2, 0.25) is 0 Å². The van der Waals surface area contributed by atoms with E-state index in [1.54, 1.807) is 6.92 Å². The van der Waals surface area contributed by atoms with E-state index in [0.29, 0.717) is 6.04 Å². The molecule has 1 unspecified atom stereocenters. The smallest absolute Gasteiger partial charge is 0.319 e. The van der Waals surface area contributed by atoms with Crippen LogP contribution in [-0.2, 0) is 19.1 Å². The molecule has 0 saturated heterocycles. The summed E-state index contributed by atoms with van der Waals surface area (Å²) >= 11 is 0. The molecule has 0 radical (unpaired) electrons. The van der Waals surface area contributed by atoms with Crippen LogP contribution in [0.15, 0.2) is 0 Å². The van der Waals surface area contributed by atoms with E-state index >= 15 is 0 Å². The van der Waals surface area contributed by atoms with E-state index < -0.39 is 17.3 Å². The van der Waals surface area contributed by atoms with Gasteiger partial charge in [-0.15, -0.1) is 0 Å². The van der Waals surface area contributed by atoms with Crippen LogP contribution in [-0.4, -0.2) is 37.0 Å². The molecule has 0 heterocycles. The second kappa shape index (κ2) is 7.43. The molecule has 1 aliphatic carbocycles. The van der Waals surface area contributed by atoms with Crippen molar-refractivity contribution in [3.8, 4) is 0 Å². The van der Waals surface area contributed by atoms with Crippen LogP contribution in [0.1, 0.15) is 47.0 Å². The average molecular weight is 298 g/mol. The summed E-state index contributed by atoms with van der Waals surface area (Å²) in [5, 5.41) is 5.50. The molecule has 21 heavy (non-hydrogen) atoms. The van der Waals surface area contributed by atoms with Crippen molar-refractivity contribution in [2.24, 2.45) is 11.3 Å². The topological polar surface area (TPSA) is 84.5 Å². The molecule has 1 fully saturated rings. The maximum atomic E-state index is 12.2. The fourth-order valence-electron chi connectivity index (χ4n) is 2.01. The fraction of sp³-hybridized carbons (Fsp3) is 0.800. The Balaban J connectivity index is 2.44. The Morgan fingerprint density at radius 1 is 1.24 bits per heavy atom. The maximum absolute atomic E-state index is 12.2. The Labute approximate surface area is 126 Å². The maximum Gasteiger partial charge on any atom is 0.319 e. The molecule has 1 rings (SSSR count). The SMILES string of the molecule is CCOC(=O)C(C(=O)NCCC(=O)NC1CC1)C(C)(C)C. The molecule has 0 aliphatic heterocycles. The summed E-state index contributed by atoms with van der Waals surface area (Å²) in [6.45, 7) is 7.61. The molecule has 0 bridgehead atoms. The first-order valence-electron chi connectivity index (χ1n) is 7.49. The van der Waals surface area contributed by atoms with Crippen molar-refractivity contribution in [1.29, 1.82) is 0 Å². The lowest BCUT2D eigenvalue weighted by atomic mass is 9.80. The molecule has 1 aliphatic rings. The number of amides is 2. The van der Waals surface area contributed by atoms with Gasteiger partial charge in [0.1, 0.15) is 5.92 Å². The fourth-order valence-corrected chi connectivity index (χ4v) is 2.01. The minimum atomic E-state index is -0.871. The van der Waals surface area contributed by atoms with Gasteiger partial charge in [0.2, 0.25) is 11.8 Å². The van der Waals surface area contributed by atoms with Crippen molar-refractivity contribution in [2.45, 2.75) is 53.0 Å². The molecule has 2 amide bonds. The van der Waals surface area contributed by atoms with E-state index in [1.807, 2.05) is 20.8 Å². The van der Waals surface area contributed by atoms with E-state index in [0.717, 1.165) is 12.8 Å². The first-order chi connectivity index (χ1) is 9.75. The van der Waals surface area contributed by atoms with Crippen molar-refractivity contribution >= 4 is 17.8 Å². The van der Waals surface area contributed by atoms with Crippen molar-refractivity contribution in [3.05, 3.63) is 0 Å². The van der Waals surface area contributed by atoms with Crippen LogP contribution in [0.5, 0.6) is 0 Å². The molecule has 0 aromatic heterocycles. The van der Waals surface area contributed by atoms with Crippen LogP contribution < -0.4 is 10.6 Å². The molecular formula is C15H26N2O4. The van der Waals surface area contributed by atoms with Gasteiger partial charge in [0, 0.05) is 19.0 Å². The monoisotopic (exact) mass is 298 g/mol. The van der Waals surface area contributed by atoms with Gasteiger partial charge in [-0.25, -0.2) is 0 Å². The lowest BCUT2D eigenvalue weighted by Crippen LogP contribution is -2.44. The zero-order valence-electron chi connectivity index (χ0n) is 13.3. The highest BCUT2D eigenvalue weighted by Gasteiger charge is 2.38. The van der Waals surface area contributed by atoms with Gasteiger partial charge in [-0.3, -0.25) is 14.4 Å². The number of esters is 1. The summed E-state index contributed by atoms with van der Waals surface area (Å²) in [6.07, 6.45) is 2.29. The Kier molecular flexibility index (Phi) is 6.18. The van der Waals surface area contributed by atoms with Gasteiger partial charge in [-0.05, 0) is 25.2 Å². The van der Waals surface area contributed by atoms with E-state index in [-0.39, 0.29) is 31.4 Å². The van der Waals surface area contributed by atoms with Crippen LogP contribution in [0.25, 0.3) is 0 Å². The van der Waals surface area contributed by atoms with Gasteiger partial charge in [0.25, 0.3) is 0 Å². The lowest BCUT2D eigenvalue weighted by Gasteiger charge is -2.27. The van der Waals surface area contributed by atoms with Gasteiger partial charge in [-0.2, -0.15) is 0 Å². The summed E-state index contributed by atoms with van der Waals surface area (Å²) in [5.41, 5.74) is -0.535. The number of hydrogen-bond donors (Lipinski definition) is 2. The van der Waals surface area contributed by atoms with Crippen molar-refractivity contribution < 1.29 is 19.1 Å². The summed E-state index contributed by atoms with van der Waals surface area (Å²) < 4.78 is 4.96. The summed E-state index contributed by atoms with van der Waals surface area (Å²) in [5.74, 6) is -1.85. The third kappa shape index (κ3) is 6.14. The Hall–Kier alpha value is -1.59. The van der Waals surface area contributed by atoms with Gasteiger partial charge < -0.3 is 15.4 Å². The van der Waals surface area contributed by atoms with E-state index in [2.05, 4.69) is 10.6 Å². The van der Waals surface area contributed by atoms with Crippen LogP contribution in [0.4, 0.5) is 0 Å². The van der Waals surface area contributed by atoms with Crippen LogP contribution in [0, 0.1) is 11.3 Å². The van der Waals surface area contributed by atoms with Crippen LogP contribution in [0.3, 0.4) is 0 Å². The zero-order valence-corrected chi connectivity index (χ0v) is 13.3. The number of ether oxygens (including phenoxy) is 1. The highest BCUT2D eigenvalue weighted by molar-refractivity contribution is 5.98. The highest BCUT2D eigenvalue weighted by atomic mass is 16.5. The largest absolute Gasteiger partial charge is 0.465 e. The lowest BCUT2D eigenvalue weighted by molar-refractivity contribution is -0.156. The standard InChI is InChI=1S/C15H26N2O4/c1-5-21-14(20)12(15(2,3)4)13(19)16-9-8-11(18)17-10-6-7-10/h10,12H,5-9H2,1-4H3,(H,16,19)(H,17,18). The second-order valence-corrected chi connectivity index (χ2v) is 6.43. The van der Waals surface area contributed by atoms with E-state index in [9.17, 15) is 14.4 Å². The predicted molar refractivity (Wildman–Crippen MR) is 78.4 cm³/mol. The molecule has 6 nitrogen and oxygen atoms in total. The third-order valence-corrected chi connectivity index (χ3v) is 3.24. The number of carbonyl (C=O) groups is 3. The van der Waals surface area contributed by atoms with E-state index in [1.165, 1.54) is 0 Å². The summed E-state index contributed by atoms with van der Waals surface area (Å²) in [7, 11) is 0. The quantitative estimate of drug-likeness (QED) is 0.542. The average Bonchev–Trinajstić information content (AvgIpc) is 3.11. The van der Waals surface area contributed by atoms with Crippen molar-refractivity contribution in [3.63, 3.8) is 0 Å². The normalized spacial score (nSPS) is 16.0. The van der Waals surface area contributed by atoms with Gasteiger partial charge in [-0.1, -0.05) is 20.8 Å². The summed E-state index contributed by atoms with van der Waals surface area (Å²) in [6, 6.07) is 0.315. The molecular weight excluding hydrogens is 272 g/mol. The van der Waals surface area contributed by atoms with Gasteiger partial charge in [0.05, 0.1) is 6.61 Å². The molecule has 1 saturated carbocycles. The van der Waals surface area contributed by atoms with Crippen molar-refractivity contribution in [1.82, 2.24) is 10.6 Å². The zero-order chi connectivity index (χ0) is 16.0. The predicted octanol–water partition coefficient (Wildman–Crippen LogP) is 0.997. The number of rotatable bonds is 7. The Morgan fingerprint density at radius 2 is 1.86 bits per heavy atom. The minimum absolute atomic E-state index is 0.0683. The van der Waals surface area contributed by atoms with Gasteiger partial charge >= 0.3 is 5.97 Å². The molecule has 120 valence electrons. The minimum Gasteiger partial charge on any atom is -0.465 e. The summed E-state index contributed by atoms with van der Waals surface area (Å²) in [4.78, 5) is 35.6. The molecule has 2 N–H and O–H groups in total. The molecule has 0 aromatic carbocycles. The first kappa shape index (κ1) is 17.5. The Bertz CT molecular complexity index is 397. The number of carbonyl (C=O) groups excluding carboxylic acids is 3. The molecule has 0 aromatic rings. The van der Waals surface area contributed by atoms with E-state index in [4.69, 9.17) is 4.74 Å². The van der Waals surface area contributed by atoms with Gasteiger partial charge in [0.15, 0.2) is 0 Å². The van der Waals surface area contributed by atoms with Crippen molar-refractivity contribution in [2.75, 3.05) is 13.2 Å². The molecule has 1 atom stereocenters.